The number of ether oxygens (including phenoxy) is 2. The van der Waals surface area contributed by atoms with Gasteiger partial charge in [0.05, 0.1) is 19.8 Å². The summed E-state index contributed by atoms with van der Waals surface area (Å²) in [5.41, 5.74) is 1.42. The molecule has 0 N–H and O–H groups in total. The molecular weight excluding hydrogens is 330 g/mol. The van der Waals surface area contributed by atoms with E-state index in [2.05, 4.69) is 20.2 Å². The molecule has 3 rings (SSSR count). The molecule has 9 heteroatoms. The van der Waals surface area contributed by atoms with Gasteiger partial charge in [0.2, 0.25) is 11.8 Å². The normalized spacial score (nSPS) is 16.7. The zero-order chi connectivity index (χ0) is 16.6. The highest BCUT2D eigenvalue weighted by molar-refractivity contribution is 6.30. The quantitative estimate of drug-likeness (QED) is 0.850. The summed E-state index contributed by atoms with van der Waals surface area (Å²) < 4.78 is 36.3. The Hall–Kier alpha value is -2.09. The fourth-order valence-electron chi connectivity index (χ4n) is 2.47. The Kier molecular flexibility index (Phi) is 4.01. The molecule has 1 aliphatic carbocycles. The maximum atomic E-state index is 13.1. The summed E-state index contributed by atoms with van der Waals surface area (Å²) in [6.45, 7) is 0. The van der Waals surface area contributed by atoms with E-state index in [1.165, 1.54) is 20.4 Å². The maximum Gasteiger partial charge on any atom is 0.319 e. The molecule has 0 amide bonds. The van der Waals surface area contributed by atoms with E-state index in [-0.39, 0.29) is 35.8 Å². The molecule has 0 atom stereocenters. The van der Waals surface area contributed by atoms with Gasteiger partial charge >= 0.3 is 6.01 Å². The Bertz CT molecular complexity index is 737. The van der Waals surface area contributed by atoms with Crippen LogP contribution in [0.15, 0.2) is 12.3 Å². The number of alkyl halides is 2. The third-order valence-corrected chi connectivity index (χ3v) is 3.98. The van der Waals surface area contributed by atoms with Crippen LogP contribution in [0, 0.1) is 0 Å². The van der Waals surface area contributed by atoms with Gasteiger partial charge in [-0.05, 0) is 17.5 Å². The first-order valence-corrected chi connectivity index (χ1v) is 7.17. The first-order chi connectivity index (χ1) is 10.9. The minimum absolute atomic E-state index is 0.127. The second-order valence-corrected chi connectivity index (χ2v) is 5.57. The van der Waals surface area contributed by atoms with E-state index < -0.39 is 5.92 Å². The van der Waals surface area contributed by atoms with Crippen LogP contribution in [-0.4, -0.2) is 40.3 Å². The van der Waals surface area contributed by atoms with Gasteiger partial charge in [0.1, 0.15) is 5.69 Å². The summed E-state index contributed by atoms with van der Waals surface area (Å²) in [5.74, 6) is -2.73. The SMILES string of the molecule is COc1ncc(-c2cc(C3CC(F)(F)C3)c(Cl)nn2)c(OC)n1. The van der Waals surface area contributed by atoms with E-state index in [1.807, 2.05) is 0 Å². The highest BCUT2D eigenvalue weighted by Crippen LogP contribution is 2.50. The summed E-state index contributed by atoms with van der Waals surface area (Å²) in [6, 6.07) is 1.77. The molecule has 0 aliphatic heterocycles. The molecule has 1 saturated carbocycles. The third-order valence-electron chi connectivity index (χ3n) is 3.69. The van der Waals surface area contributed by atoms with Crippen LogP contribution in [0.5, 0.6) is 11.9 Å². The Morgan fingerprint density at radius 2 is 1.96 bits per heavy atom. The molecule has 1 fully saturated rings. The topological polar surface area (TPSA) is 70.0 Å². The van der Waals surface area contributed by atoms with Crippen LogP contribution in [0.3, 0.4) is 0 Å². The number of rotatable bonds is 4. The number of methoxy groups -OCH3 is 2. The molecule has 0 saturated heterocycles. The second-order valence-electron chi connectivity index (χ2n) is 5.22. The monoisotopic (exact) mass is 342 g/mol. The lowest BCUT2D eigenvalue weighted by Gasteiger charge is -2.35. The van der Waals surface area contributed by atoms with Gasteiger partial charge in [-0.1, -0.05) is 11.6 Å². The average Bonchev–Trinajstić information content (AvgIpc) is 2.52. The van der Waals surface area contributed by atoms with Crippen molar-refractivity contribution in [2.75, 3.05) is 14.2 Å². The van der Waals surface area contributed by atoms with Crippen LogP contribution in [0.25, 0.3) is 11.3 Å². The van der Waals surface area contributed by atoms with E-state index in [4.69, 9.17) is 21.1 Å². The molecule has 1 aliphatic rings. The van der Waals surface area contributed by atoms with E-state index in [1.54, 1.807) is 6.07 Å². The molecule has 0 unspecified atom stereocenters. The molecule has 122 valence electrons. The van der Waals surface area contributed by atoms with Crippen molar-refractivity contribution < 1.29 is 18.3 Å². The zero-order valence-electron chi connectivity index (χ0n) is 12.4. The van der Waals surface area contributed by atoms with Crippen LogP contribution < -0.4 is 9.47 Å². The largest absolute Gasteiger partial charge is 0.480 e. The third kappa shape index (κ3) is 3.03. The molecule has 0 radical (unpaired) electrons. The summed E-state index contributed by atoms with van der Waals surface area (Å²) in [7, 11) is 2.88. The Morgan fingerprint density at radius 1 is 1.22 bits per heavy atom. The van der Waals surface area contributed by atoms with Gasteiger partial charge in [0, 0.05) is 19.0 Å². The van der Waals surface area contributed by atoms with Crippen molar-refractivity contribution in [3.8, 4) is 23.1 Å². The van der Waals surface area contributed by atoms with Crippen molar-refractivity contribution in [3.63, 3.8) is 0 Å². The van der Waals surface area contributed by atoms with Gasteiger partial charge in [0.15, 0.2) is 5.15 Å². The molecule has 0 spiro atoms. The van der Waals surface area contributed by atoms with Gasteiger partial charge in [-0.2, -0.15) is 4.98 Å². The summed E-state index contributed by atoms with van der Waals surface area (Å²) in [6.07, 6.45) is 0.990. The lowest BCUT2D eigenvalue weighted by atomic mass is 9.77. The fourth-order valence-corrected chi connectivity index (χ4v) is 2.72. The molecule has 2 heterocycles. The Balaban J connectivity index is 1.98. The van der Waals surface area contributed by atoms with E-state index >= 15 is 0 Å². The van der Waals surface area contributed by atoms with Crippen molar-refractivity contribution in [1.82, 2.24) is 20.2 Å². The number of hydrogen-bond donors (Lipinski definition) is 0. The van der Waals surface area contributed by atoms with Crippen LogP contribution >= 0.6 is 11.6 Å². The highest BCUT2D eigenvalue weighted by atomic mass is 35.5. The van der Waals surface area contributed by atoms with Crippen molar-refractivity contribution >= 4 is 11.6 Å². The molecule has 2 aromatic heterocycles. The molecular formula is C14H13ClF2N4O2. The predicted octanol–water partition coefficient (Wildman–Crippen LogP) is 3.12. The minimum atomic E-state index is -2.64. The van der Waals surface area contributed by atoms with Gasteiger partial charge in [-0.3, -0.25) is 0 Å². The molecule has 2 aromatic rings. The van der Waals surface area contributed by atoms with Gasteiger partial charge in [-0.25, -0.2) is 13.8 Å². The fraction of sp³-hybridized carbons (Fsp3) is 0.429. The smallest absolute Gasteiger partial charge is 0.319 e. The highest BCUT2D eigenvalue weighted by Gasteiger charge is 2.46. The zero-order valence-corrected chi connectivity index (χ0v) is 13.1. The lowest BCUT2D eigenvalue weighted by molar-refractivity contribution is -0.0867. The van der Waals surface area contributed by atoms with Crippen molar-refractivity contribution in [1.29, 1.82) is 0 Å². The first kappa shape index (κ1) is 15.8. The first-order valence-electron chi connectivity index (χ1n) is 6.80. The van der Waals surface area contributed by atoms with Crippen molar-refractivity contribution in [3.05, 3.63) is 23.0 Å². The molecule has 0 aromatic carbocycles. The van der Waals surface area contributed by atoms with Crippen molar-refractivity contribution in [2.45, 2.75) is 24.7 Å². The summed E-state index contributed by atoms with van der Waals surface area (Å²) in [4.78, 5) is 8.07. The Labute approximate surface area is 135 Å². The molecule has 23 heavy (non-hydrogen) atoms. The van der Waals surface area contributed by atoms with Gasteiger partial charge in [0.25, 0.3) is 0 Å². The molecule has 6 nitrogen and oxygen atoms in total. The predicted molar refractivity (Wildman–Crippen MR) is 78.1 cm³/mol. The maximum absolute atomic E-state index is 13.1. The second kappa shape index (κ2) is 5.84. The minimum Gasteiger partial charge on any atom is -0.480 e. The number of hydrogen-bond acceptors (Lipinski definition) is 6. The van der Waals surface area contributed by atoms with Crippen molar-refractivity contribution in [2.24, 2.45) is 0 Å². The van der Waals surface area contributed by atoms with Crippen LogP contribution in [0.1, 0.15) is 24.3 Å². The Morgan fingerprint density at radius 3 is 2.57 bits per heavy atom. The summed E-state index contributed by atoms with van der Waals surface area (Å²) >= 11 is 6.00. The van der Waals surface area contributed by atoms with Crippen LogP contribution in [0.2, 0.25) is 5.15 Å². The standard InChI is InChI=1S/C14H13ClF2N4O2/c1-22-12-9(6-18-13(19-12)23-2)10-3-8(11(15)21-20-10)7-4-14(16,17)5-7/h3,6-7H,4-5H2,1-2H3. The number of aromatic nitrogens is 4. The number of nitrogens with zero attached hydrogens (tertiary/aromatic N) is 4. The average molecular weight is 343 g/mol. The van der Waals surface area contributed by atoms with Gasteiger partial charge < -0.3 is 9.47 Å². The van der Waals surface area contributed by atoms with E-state index in [9.17, 15) is 8.78 Å². The van der Waals surface area contributed by atoms with Gasteiger partial charge in [-0.15, -0.1) is 10.2 Å². The molecule has 0 bridgehead atoms. The van der Waals surface area contributed by atoms with E-state index in [0.717, 1.165) is 0 Å². The summed E-state index contributed by atoms with van der Waals surface area (Å²) in [5, 5.41) is 7.96. The van der Waals surface area contributed by atoms with E-state index in [0.29, 0.717) is 16.8 Å². The number of halogens is 3. The van der Waals surface area contributed by atoms with Crippen LogP contribution in [-0.2, 0) is 0 Å². The lowest BCUT2D eigenvalue weighted by Crippen LogP contribution is -2.34. The van der Waals surface area contributed by atoms with Crippen LogP contribution in [0.4, 0.5) is 8.78 Å².